The average Bonchev–Trinajstić information content (AvgIpc) is 2.57. The third kappa shape index (κ3) is 4.75. The highest BCUT2D eigenvalue weighted by Gasteiger charge is 2.08. The van der Waals surface area contributed by atoms with E-state index in [1.54, 1.807) is 12.1 Å². The molecule has 2 aromatic carbocycles. The smallest absolute Gasteiger partial charge is 0.255 e. The lowest BCUT2D eigenvalue weighted by molar-refractivity contribution is 0.102. The zero-order valence-corrected chi connectivity index (χ0v) is 14.9. The van der Waals surface area contributed by atoms with Crippen molar-refractivity contribution < 1.29 is 9.53 Å². The lowest BCUT2D eigenvalue weighted by atomic mass is 10.2. The van der Waals surface area contributed by atoms with E-state index in [9.17, 15) is 4.79 Å². The fourth-order valence-electron chi connectivity index (χ4n) is 2.50. The van der Waals surface area contributed by atoms with Gasteiger partial charge in [-0.3, -0.25) is 4.79 Å². The number of carbonyl (C=O) groups is 1. The standard InChI is InChI=1S/C20H26N2O2/c1-5-22(6-2)18-11-9-17(10-12-18)21-20(23)16-7-13-19(14-8-16)24-15(3)4/h7-15H,5-6H2,1-4H3,(H,21,23). The van der Waals surface area contributed by atoms with Crippen LogP contribution in [0.3, 0.4) is 0 Å². The molecule has 0 saturated carbocycles. The van der Waals surface area contributed by atoms with Crippen LogP contribution in [0, 0.1) is 0 Å². The number of nitrogens with one attached hydrogen (secondary N) is 1. The molecule has 0 atom stereocenters. The molecule has 0 spiro atoms. The van der Waals surface area contributed by atoms with Gasteiger partial charge in [0.15, 0.2) is 0 Å². The second kappa shape index (κ2) is 8.39. The Morgan fingerprint density at radius 3 is 2.08 bits per heavy atom. The molecular weight excluding hydrogens is 300 g/mol. The summed E-state index contributed by atoms with van der Waals surface area (Å²) in [6.45, 7) is 10.1. The predicted octanol–water partition coefficient (Wildman–Crippen LogP) is 4.57. The Morgan fingerprint density at radius 2 is 1.58 bits per heavy atom. The van der Waals surface area contributed by atoms with Crippen LogP contribution in [0.2, 0.25) is 0 Å². The van der Waals surface area contributed by atoms with E-state index >= 15 is 0 Å². The molecule has 1 amide bonds. The van der Waals surface area contributed by atoms with Gasteiger partial charge < -0.3 is 15.0 Å². The van der Waals surface area contributed by atoms with Crippen LogP contribution in [0.1, 0.15) is 38.1 Å². The van der Waals surface area contributed by atoms with Crippen LogP contribution < -0.4 is 15.0 Å². The fraction of sp³-hybridized carbons (Fsp3) is 0.350. The third-order valence-corrected chi connectivity index (χ3v) is 3.74. The van der Waals surface area contributed by atoms with E-state index in [2.05, 4.69) is 24.1 Å². The van der Waals surface area contributed by atoms with Crippen LogP contribution in [0.15, 0.2) is 48.5 Å². The molecule has 0 fully saturated rings. The molecule has 0 aliphatic heterocycles. The molecule has 0 aliphatic carbocycles. The van der Waals surface area contributed by atoms with Gasteiger partial charge in [-0.15, -0.1) is 0 Å². The highest BCUT2D eigenvalue weighted by atomic mass is 16.5. The monoisotopic (exact) mass is 326 g/mol. The summed E-state index contributed by atoms with van der Waals surface area (Å²) in [7, 11) is 0. The summed E-state index contributed by atoms with van der Waals surface area (Å²) in [6.07, 6.45) is 0.119. The fourth-order valence-corrected chi connectivity index (χ4v) is 2.50. The van der Waals surface area contributed by atoms with Crippen molar-refractivity contribution in [2.75, 3.05) is 23.3 Å². The summed E-state index contributed by atoms with van der Waals surface area (Å²) in [5.41, 5.74) is 2.56. The first kappa shape index (κ1) is 17.9. The van der Waals surface area contributed by atoms with E-state index < -0.39 is 0 Å². The van der Waals surface area contributed by atoms with Crippen LogP contribution in [-0.4, -0.2) is 25.1 Å². The van der Waals surface area contributed by atoms with Crippen molar-refractivity contribution in [3.05, 3.63) is 54.1 Å². The molecule has 0 heterocycles. The summed E-state index contributed by atoms with van der Waals surface area (Å²) in [5.74, 6) is 0.645. The van der Waals surface area contributed by atoms with Gasteiger partial charge in [0.25, 0.3) is 5.91 Å². The van der Waals surface area contributed by atoms with E-state index in [1.807, 2.05) is 50.2 Å². The molecule has 2 aromatic rings. The van der Waals surface area contributed by atoms with E-state index in [-0.39, 0.29) is 12.0 Å². The van der Waals surface area contributed by atoms with Gasteiger partial charge in [-0.05, 0) is 76.2 Å². The lowest BCUT2D eigenvalue weighted by Gasteiger charge is -2.21. The van der Waals surface area contributed by atoms with Crippen molar-refractivity contribution in [2.24, 2.45) is 0 Å². The molecule has 2 rings (SSSR count). The van der Waals surface area contributed by atoms with Crippen molar-refractivity contribution >= 4 is 17.3 Å². The maximum atomic E-state index is 12.3. The number of amides is 1. The Bertz CT molecular complexity index is 644. The molecule has 0 radical (unpaired) electrons. The summed E-state index contributed by atoms with van der Waals surface area (Å²) in [4.78, 5) is 14.6. The van der Waals surface area contributed by atoms with Gasteiger partial charge in [0.2, 0.25) is 0 Å². The summed E-state index contributed by atoms with van der Waals surface area (Å²) < 4.78 is 5.59. The van der Waals surface area contributed by atoms with E-state index in [4.69, 9.17) is 4.74 Å². The number of benzene rings is 2. The van der Waals surface area contributed by atoms with Gasteiger partial charge in [-0.25, -0.2) is 0 Å². The molecular formula is C20H26N2O2. The molecule has 0 unspecified atom stereocenters. The van der Waals surface area contributed by atoms with Gasteiger partial charge >= 0.3 is 0 Å². The molecule has 0 aliphatic rings. The van der Waals surface area contributed by atoms with Crippen LogP contribution in [0.25, 0.3) is 0 Å². The number of hydrogen-bond acceptors (Lipinski definition) is 3. The number of rotatable bonds is 7. The van der Waals surface area contributed by atoms with Crippen molar-refractivity contribution in [3.8, 4) is 5.75 Å². The molecule has 4 nitrogen and oxygen atoms in total. The number of hydrogen-bond donors (Lipinski definition) is 1. The molecule has 0 aromatic heterocycles. The Kier molecular flexibility index (Phi) is 6.24. The lowest BCUT2D eigenvalue weighted by Crippen LogP contribution is -2.21. The van der Waals surface area contributed by atoms with Crippen LogP contribution in [0.5, 0.6) is 5.75 Å². The van der Waals surface area contributed by atoms with Gasteiger partial charge in [0.05, 0.1) is 6.10 Å². The van der Waals surface area contributed by atoms with Crippen LogP contribution in [0.4, 0.5) is 11.4 Å². The Morgan fingerprint density at radius 1 is 1.00 bits per heavy atom. The molecule has 128 valence electrons. The normalized spacial score (nSPS) is 10.5. The predicted molar refractivity (Wildman–Crippen MR) is 100 cm³/mol. The molecule has 24 heavy (non-hydrogen) atoms. The largest absolute Gasteiger partial charge is 0.491 e. The quantitative estimate of drug-likeness (QED) is 0.810. The highest BCUT2D eigenvalue weighted by Crippen LogP contribution is 2.19. The second-order valence-corrected chi connectivity index (χ2v) is 5.86. The summed E-state index contributed by atoms with van der Waals surface area (Å²) in [5, 5.41) is 2.92. The van der Waals surface area contributed by atoms with Gasteiger partial charge in [-0.1, -0.05) is 0 Å². The molecule has 0 bridgehead atoms. The van der Waals surface area contributed by atoms with Gasteiger partial charge in [0.1, 0.15) is 5.75 Å². The number of carbonyl (C=O) groups excluding carboxylic acids is 1. The molecule has 0 saturated heterocycles. The maximum Gasteiger partial charge on any atom is 0.255 e. The van der Waals surface area contributed by atoms with Crippen LogP contribution in [-0.2, 0) is 0 Å². The van der Waals surface area contributed by atoms with E-state index in [1.165, 1.54) is 0 Å². The first-order valence-corrected chi connectivity index (χ1v) is 8.46. The first-order valence-electron chi connectivity index (χ1n) is 8.46. The van der Waals surface area contributed by atoms with Crippen molar-refractivity contribution in [3.63, 3.8) is 0 Å². The average molecular weight is 326 g/mol. The summed E-state index contributed by atoms with van der Waals surface area (Å²) >= 11 is 0. The van der Waals surface area contributed by atoms with Gasteiger partial charge in [0, 0.05) is 30.0 Å². The Labute approximate surface area is 144 Å². The number of anilines is 2. The number of ether oxygens (including phenoxy) is 1. The SMILES string of the molecule is CCN(CC)c1ccc(NC(=O)c2ccc(OC(C)C)cc2)cc1. The number of nitrogens with zero attached hydrogens (tertiary/aromatic N) is 1. The highest BCUT2D eigenvalue weighted by molar-refractivity contribution is 6.04. The van der Waals surface area contributed by atoms with Crippen molar-refractivity contribution in [2.45, 2.75) is 33.8 Å². The van der Waals surface area contributed by atoms with Gasteiger partial charge in [-0.2, -0.15) is 0 Å². The Balaban J connectivity index is 2.01. The zero-order chi connectivity index (χ0) is 17.5. The molecule has 4 heteroatoms. The minimum atomic E-state index is -0.123. The first-order chi connectivity index (χ1) is 11.5. The minimum Gasteiger partial charge on any atom is -0.491 e. The van der Waals surface area contributed by atoms with Crippen LogP contribution >= 0.6 is 0 Å². The van der Waals surface area contributed by atoms with E-state index in [0.29, 0.717) is 5.56 Å². The van der Waals surface area contributed by atoms with Crippen molar-refractivity contribution in [1.29, 1.82) is 0 Å². The Hall–Kier alpha value is -2.49. The van der Waals surface area contributed by atoms with Crippen molar-refractivity contribution in [1.82, 2.24) is 0 Å². The van der Waals surface area contributed by atoms with E-state index in [0.717, 1.165) is 30.2 Å². The summed E-state index contributed by atoms with van der Waals surface area (Å²) in [6, 6.07) is 15.1. The molecule has 1 N–H and O–H groups in total. The second-order valence-electron chi connectivity index (χ2n) is 5.86. The third-order valence-electron chi connectivity index (χ3n) is 3.74. The maximum absolute atomic E-state index is 12.3. The minimum absolute atomic E-state index is 0.119. The zero-order valence-electron chi connectivity index (χ0n) is 14.9. The topological polar surface area (TPSA) is 41.6 Å².